The number of carbonyl (C=O) groups excluding carboxylic acids is 1. The van der Waals surface area contributed by atoms with Gasteiger partial charge in [-0.25, -0.2) is 0 Å². The van der Waals surface area contributed by atoms with Crippen LogP contribution in [-0.2, 0) is 9.53 Å². The summed E-state index contributed by atoms with van der Waals surface area (Å²) < 4.78 is 11.0. The number of carbonyl (C=O) groups is 1. The number of rotatable bonds is 5. The van der Waals surface area contributed by atoms with Gasteiger partial charge >= 0.3 is 0 Å². The lowest BCUT2D eigenvalue weighted by atomic mass is 9.91. The van der Waals surface area contributed by atoms with Gasteiger partial charge in [-0.05, 0) is 31.9 Å². The Balaban J connectivity index is 1.65. The van der Waals surface area contributed by atoms with Gasteiger partial charge in [-0.1, -0.05) is 18.2 Å². The molecule has 1 aromatic carbocycles. The molecule has 2 aliphatic rings. The minimum atomic E-state index is -0.119. The third kappa shape index (κ3) is 3.10. The molecule has 0 spiro atoms. The molecule has 120 valence electrons. The highest BCUT2D eigenvalue weighted by atomic mass is 16.5. The number of nitrogens with one attached hydrogen (secondary N) is 2. The average Bonchev–Trinajstić information content (AvgIpc) is 3.01. The SMILES string of the molecule is COCC1(CNC(=O)C2CCOc3ccccc32)CCCN1. The van der Waals surface area contributed by atoms with Crippen molar-refractivity contribution in [2.24, 2.45) is 0 Å². The van der Waals surface area contributed by atoms with E-state index in [-0.39, 0.29) is 17.4 Å². The number of benzene rings is 1. The lowest BCUT2D eigenvalue weighted by Crippen LogP contribution is -2.53. The minimum Gasteiger partial charge on any atom is -0.493 e. The van der Waals surface area contributed by atoms with E-state index in [1.807, 2.05) is 24.3 Å². The standard InChI is InChI=1S/C17H24N2O3/c1-21-12-17(8-4-9-19-17)11-18-16(20)14-7-10-22-15-6-3-2-5-13(14)15/h2-3,5-6,14,19H,4,7-12H2,1H3,(H,18,20). The summed E-state index contributed by atoms with van der Waals surface area (Å²) >= 11 is 0. The van der Waals surface area contributed by atoms with E-state index >= 15 is 0 Å². The number of para-hydroxylation sites is 1. The van der Waals surface area contributed by atoms with Crippen LogP contribution in [0, 0.1) is 0 Å². The molecule has 0 aromatic heterocycles. The second-order valence-corrected chi connectivity index (χ2v) is 6.19. The maximum Gasteiger partial charge on any atom is 0.227 e. The molecule has 0 radical (unpaired) electrons. The van der Waals surface area contributed by atoms with Gasteiger partial charge in [0.1, 0.15) is 5.75 Å². The summed E-state index contributed by atoms with van der Waals surface area (Å²) in [6.45, 7) is 2.81. The Labute approximate surface area is 131 Å². The maximum absolute atomic E-state index is 12.6. The van der Waals surface area contributed by atoms with E-state index in [1.54, 1.807) is 7.11 Å². The fraction of sp³-hybridized carbons (Fsp3) is 0.588. The zero-order valence-corrected chi connectivity index (χ0v) is 13.1. The van der Waals surface area contributed by atoms with Crippen molar-refractivity contribution in [1.82, 2.24) is 10.6 Å². The highest BCUT2D eigenvalue weighted by molar-refractivity contribution is 5.84. The van der Waals surface area contributed by atoms with E-state index in [0.29, 0.717) is 19.8 Å². The van der Waals surface area contributed by atoms with Crippen molar-refractivity contribution in [3.63, 3.8) is 0 Å². The Morgan fingerprint density at radius 3 is 3.14 bits per heavy atom. The molecule has 5 heteroatoms. The molecule has 1 amide bonds. The smallest absolute Gasteiger partial charge is 0.227 e. The van der Waals surface area contributed by atoms with Gasteiger partial charge in [0, 0.05) is 19.2 Å². The molecule has 2 heterocycles. The molecule has 2 unspecified atom stereocenters. The normalized spacial score (nSPS) is 27.0. The number of methoxy groups -OCH3 is 1. The topological polar surface area (TPSA) is 59.6 Å². The first-order chi connectivity index (χ1) is 10.7. The molecule has 1 saturated heterocycles. The second-order valence-electron chi connectivity index (χ2n) is 6.19. The molecule has 1 fully saturated rings. The Morgan fingerprint density at radius 2 is 2.36 bits per heavy atom. The molecule has 3 rings (SSSR count). The number of ether oxygens (including phenoxy) is 2. The van der Waals surface area contributed by atoms with Crippen molar-refractivity contribution in [3.8, 4) is 5.75 Å². The van der Waals surface area contributed by atoms with Crippen molar-refractivity contribution in [2.75, 3.05) is 33.4 Å². The number of fused-ring (bicyclic) bond motifs is 1. The van der Waals surface area contributed by atoms with Gasteiger partial charge in [0.05, 0.1) is 24.7 Å². The first-order valence-electron chi connectivity index (χ1n) is 7.97. The largest absolute Gasteiger partial charge is 0.493 e. The molecular formula is C17H24N2O3. The van der Waals surface area contributed by atoms with Crippen LogP contribution in [0.3, 0.4) is 0 Å². The molecule has 2 aliphatic heterocycles. The van der Waals surface area contributed by atoms with Crippen LogP contribution in [0.4, 0.5) is 0 Å². The van der Waals surface area contributed by atoms with E-state index in [9.17, 15) is 4.79 Å². The average molecular weight is 304 g/mol. The van der Waals surface area contributed by atoms with Gasteiger partial charge in [0.25, 0.3) is 0 Å². The summed E-state index contributed by atoms with van der Waals surface area (Å²) in [5.41, 5.74) is 0.876. The van der Waals surface area contributed by atoms with Gasteiger partial charge in [-0.3, -0.25) is 4.79 Å². The monoisotopic (exact) mass is 304 g/mol. The Morgan fingerprint density at radius 1 is 1.50 bits per heavy atom. The van der Waals surface area contributed by atoms with E-state index in [2.05, 4.69) is 10.6 Å². The second kappa shape index (κ2) is 6.67. The highest BCUT2D eigenvalue weighted by Gasteiger charge is 2.35. The molecule has 1 aromatic rings. The molecule has 22 heavy (non-hydrogen) atoms. The Kier molecular flexibility index (Phi) is 4.64. The summed E-state index contributed by atoms with van der Waals surface area (Å²) in [6, 6.07) is 7.81. The molecule has 5 nitrogen and oxygen atoms in total. The van der Waals surface area contributed by atoms with E-state index < -0.39 is 0 Å². The molecule has 0 saturated carbocycles. The van der Waals surface area contributed by atoms with Gasteiger partial charge < -0.3 is 20.1 Å². The fourth-order valence-corrected chi connectivity index (χ4v) is 3.46. The first-order valence-corrected chi connectivity index (χ1v) is 7.97. The van der Waals surface area contributed by atoms with E-state index in [0.717, 1.165) is 37.1 Å². The van der Waals surface area contributed by atoms with Crippen LogP contribution in [0.25, 0.3) is 0 Å². The summed E-state index contributed by atoms with van der Waals surface area (Å²) in [5.74, 6) is 0.797. The number of hydrogen-bond donors (Lipinski definition) is 2. The molecule has 2 N–H and O–H groups in total. The minimum absolute atomic E-state index is 0.0833. The lowest BCUT2D eigenvalue weighted by molar-refractivity contribution is -0.123. The van der Waals surface area contributed by atoms with Gasteiger partial charge in [-0.15, -0.1) is 0 Å². The predicted molar refractivity (Wildman–Crippen MR) is 84.1 cm³/mol. The van der Waals surface area contributed by atoms with Crippen LogP contribution in [0.2, 0.25) is 0 Å². The van der Waals surface area contributed by atoms with E-state index in [1.165, 1.54) is 0 Å². The van der Waals surface area contributed by atoms with Gasteiger partial charge in [0.2, 0.25) is 5.91 Å². The van der Waals surface area contributed by atoms with Crippen molar-refractivity contribution < 1.29 is 14.3 Å². The van der Waals surface area contributed by atoms with Crippen LogP contribution in [0.1, 0.15) is 30.7 Å². The lowest BCUT2D eigenvalue weighted by Gasteiger charge is -2.31. The number of hydrogen-bond acceptors (Lipinski definition) is 4. The quantitative estimate of drug-likeness (QED) is 0.864. The summed E-state index contributed by atoms with van der Waals surface area (Å²) in [6.07, 6.45) is 2.89. The third-order valence-electron chi connectivity index (χ3n) is 4.63. The summed E-state index contributed by atoms with van der Waals surface area (Å²) in [5, 5.41) is 6.61. The van der Waals surface area contributed by atoms with Crippen LogP contribution in [0.5, 0.6) is 5.75 Å². The van der Waals surface area contributed by atoms with Crippen LogP contribution in [0.15, 0.2) is 24.3 Å². The third-order valence-corrected chi connectivity index (χ3v) is 4.63. The summed E-state index contributed by atoms with van der Waals surface area (Å²) in [7, 11) is 1.71. The maximum atomic E-state index is 12.6. The molecule has 0 bridgehead atoms. The Hall–Kier alpha value is -1.59. The highest BCUT2D eigenvalue weighted by Crippen LogP contribution is 2.33. The predicted octanol–water partition coefficient (Wildman–Crippen LogP) is 1.44. The Bertz CT molecular complexity index is 526. The van der Waals surface area contributed by atoms with Crippen molar-refractivity contribution in [2.45, 2.75) is 30.7 Å². The molecular weight excluding hydrogens is 280 g/mol. The van der Waals surface area contributed by atoms with Crippen molar-refractivity contribution in [3.05, 3.63) is 29.8 Å². The first kappa shape index (κ1) is 15.3. The van der Waals surface area contributed by atoms with Crippen molar-refractivity contribution >= 4 is 5.91 Å². The van der Waals surface area contributed by atoms with E-state index in [4.69, 9.17) is 9.47 Å². The number of amides is 1. The molecule has 0 aliphatic carbocycles. The van der Waals surface area contributed by atoms with Crippen LogP contribution < -0.4 is 15.4 Å². The molecule has 2 atom stereocenters. The zero-order chi connectivity index (χ0) is 15.4. The zero-order valence-electron chi connectivity index (χ0n) is 13.1. The van der Waals surface area contributed by atoms with Crippen LogP contribution >= 0.6 is 0 Å². The summed E-state index contributed by atoms with van der Waals surface area (Å²) in [4.78, 5) is 12.6. The van der Waals surface area contributed by atoms with Crippen molar-refractivity contribution in [1.29, 1.82) is 0 Å². The fourth-order valence-electron chi connectivity index (χ4n) is 3.46. The van der Waals surface area contributed by atoms with Crippen LogP contribution in [-0.4, -0.2) is 44.9 Å². The van der Waals surface area contributed by atoms with Gasteiger partial charge in [0.15, 0.2) is 0 Å². The van der Waals surface area contributed by atoms with Gasteiger partial charge in [-0.2, -0.15) is 0 Å².